The number of nitrogens with zero attached hydrogens (tertiary/aromatic N) is 1. The minimum Gasteiger partial charge on any atom is -0.328 e. The zero-order valence-electron chi connectivity index (χ0n) is 10.6. The number of hydrogen-bond donors (Lipinski definition) is 2. The van der Waals surface area contributed by atoms with Gasteiger partial charge >= 0.3 is 6.03 Å². The highest BCUT2D eigenvalue weighted by Gasteiger charge is 2.29. The molecule has 0 aromatic heterocycles. The van der Waals surface area contributed by atoms with Crippen LogP contribution in [0.3, 0.4) is 0 Å². The predicted octanol–water partition coefficient (Wildman–Crippen LogP) is 1.24. The lowest BCUT2D eigenvalue weighted by Gasteiger charge is -2.14. The van der Waals surface area contributed by atoms with Gasteiger partial charge in [0, 0.05) is 12.6 Å². The summed E-state index contributed by atoms with van der Waals surface area (Å²) in [5, 5.41) is 5.81. The maximum atomic E-state index is 11.6. The highest BCUT2D eigenvalue weighted by molar-refractivity contribution is 6.19. The summed E-state index contributed by atoms with van der Waals surface area (Å²) >= 11 is 0. The minimum atomic E-state index is -0.353. The third kappa shape index (κ3) is 2.68. The molecule has 1 fully saturated rings. The first-order chi connectivity index (χ1) is 8.58. The number of benzene rings is 1. The first-order valence-electron chi connectivity index (χ1n) is 6.01. The van der Waals surface area contributed by atoms with E-state index < -0.39 is 0 Å². The number of carbonyl (C=O) groups is 2. The van der Waals surface area contributed by atoms with Crippen molar-refractivity contribution in [2.75, 3.05) is 11.4 Å². The van der Waals surface area contributed by atoms with Crippen LogP contribution in [0.4, 0.5) is 10.5 Å². The largest absolute Gasteiger partial charge is 0.329 e. The van der Waals surface area contributed by atoms with Crippen LogP contribution >= 0.6 is 0 Å². The van der Waals surface area contributed by atoms with Crippen molar-refractivity contribution in [3.63, 3.8) is 0 Å². The molecule has 1 aromatic carbocycles. The molecule has 0 saturated carbocycles. The van der Waals surface area contributed by atoms with Gasteiger partial charge < -0.3 is 10.6 Å². The Bertz CT molecular complexity index is 455. The van der Waals surface area contributed by atoms with Crippen molar-refractivity contribution in [3.05, 3.63) is 29.8 Å². The number of anilines is 1. The van der Waals surface area contributed by atoms with Crippen LogP contribution in [0.2, 0.25) is 0 Å². The molecule has 96 valence electrons. The molecule has 5 nitrogen and oxygen atoms in total. The summed E-state index contributed by atoms with van der Waals surface area (Å²) in [6.45, 7) is 4.94. The summed E-state index contributed by atoms with van der Waals surface area (Å²) in [7, 11) is 0. The Balaban J connectivity index is 2.16. The average molecular weight is 247 g/mol. The van der Waals surface area contributed by atoms with Crippen LogP contribution in [0.25, 0.3) is 0 Å². The summed E-state index contributed by atoms with van der Waals surface area (Å²) in [6, 6.07) is 7.49. The van der Waals surface area contributed by atoms with Crippen molar-refractivity contribution in [3.8, 4) is 0 Å². The normalized spacial score (nSPS) is 15.4. The standard InChI is InChI=1S/C13H17N3O2/c1-9(2)14-7-10-4-3-5-11(6-10)16-12(17)8-15-13(16)18/h3-6,9,14H,7-8H2,1-2H3,(H,15,18). The molecule has 0 unspecified atom stereocenters. The van der Waals surface area contributed by atoms with Gasteiger partial charge in [-0.1, -0.05) is 26.0 Å². The number of imide groups is 1. The molecule has 2 rings (SSSR count). The van der Waals surface area contributed by atoms with Crippen molar-refractivity contribution < 1.29 is 9.59 Å². The second-order valence-electron chi connectivity index (χ2n) is 4.59. The van der Waals surface area contributed by atoms with Crippen molar-refractivity contribution >= 4 is 17.6 Å². The zero-order valence-corrected chi connectivity index (χ0v) is 10.6. The third-order valence-electron chi connectivity index (χ3n) is 2.73. The maximum absolute atomic E-state index is 11.6. The van der Waals surface area contributed by atoms with Crippen molar-refractivity contribution in [1.82, 2.24) is 10.6 Å². The number of rotatable bonds is 4. The molecule has 2 N–H and O–H groups in total. The Labute approximate surface area is 106 Å². The summed E-state index contributed by atoms with van der Waals surface area (Å²) in [4.78, 5) is 24.3. The second-order valence-corrected chi connectivity index (χ2v) is 4.59. The Hall–Kier alpha value is -1.88. The molecule has 1 saturated heterocycles. The highest BCUT2D eigenvalue weighted by Crippen LogP contribution is 2.18. The molecule has 0 bridgehead atoms. The van der Waals surface area contributed by atoms with Gasteiger partial charge in [-0.25, -0.2) is 9.69 Å². The Morgan fingerprint density at radius 3 is 2.78 bits per heavy atom. The molecule has 1 heterocycles. The quantitative estimate of drug-likeness (QED) is 0.787. The summed E-state index contributed by atoms with van der Waals surface area (Å²) in [6.07, 6.45) is 0. The maximum Gasteiger partial charge on any atom is 0.329 e. The van der Waals surface area contributed by atoms with E-state index in [1.807, 2.05) is 18.2 Å². The molecule has 0 radical (unpaired) electrons. The lowest BCUT2D eigenvalue weighted by atomic mass is 10.2. The monoisotopic (exact) mass is 247 g/mol. The predicted molar refractivity (Wildman–Crippen MR) is 69.3 cm³/mol. The van der Waals surface area contributed by atoms with Crippen LogP contribution in [0.5, 0.6) is 0 Å². The van der Waals surface area contributed by atoms with Crippen LogP contribution < -0.4 is 15.5 Å². The van der Waals surface area contributed by atoms with Crippen molar-refractivity contribution in [2.45, 2.75) is 26.4 Å². The first-order valence-corrected chi connectivity index (χ1v) is 6.01. The molecule has 1 aromatic rings. The lowest BCUT2D eigenvalue weighted by Crippen LogP contribution is -2.30. The van der Waals surface area contributed by atoms with Crippen LogP contribution in [0, 0.1) is 0 Å². The Kier molecular flexibility index (Phi) is 3.62. The van der Waals surface area contributed by atoms with E-state index in [2.05, 4.69) is 24.5 Å². The fourth-order valence-electron chi connectivity index (χ4n) is 1.81. The van der Waals surface area contributed by atoms with Gasteiger partial charge in [-0.2, -0.15) is 0 Å². The van der Waals surface area contributed by atoms with E-state index in [1.54, 1.807) is 6.07 Å². The molecular weight excluding hydrogens is 230 g/mol. The van der Waals surface area contributed by atoms with E-state index >= 15 is 0 Å². The molecule has 1 aliphatic heterocycles. The summed E-state index contributed by atoms with van der Waals surface area (Å²) in [5.74, 6) is -0.214. The fraction of sp³-hybridized carbons (Fsp3) is 0.385. The molecule has 0 aliphatic carbocycles. The van der Waals surface area contributed by atoms with E-state index in [1.165, 1.54) is 4.90 Å². The Morgan fingerprint density at radius 2 is 2.17 bits per heavy atom. The zero-order chi connectivity index (χ0) is 13.1. The van der Waals surface area contributed by atoms with Crippen molar-refractivity contribution in [1.29, 1.82) is 0 Å². The average Bonchev–Trinajstić information content (AvgIpc) is 2.67. The van der Waals surface area contributed by atoms with Gasteiger partial charge in [-0.05, 0) is 17.7 Å². The molecule has 5 heteroatoms. The SMILES string of the molecule is CC(C)NCc1cccc(N2C(=O)CNC2=O)c1. The smallest absolute Gasteiger partial charge is 0.328 e. The number of amides is 3. The molecule has 1 aliphatic rings. The molecule has 0 spiro atoms. The molecule has 3 amide bonds. The molecular formula is C13H17N3O2. The van der Waals surface area contributed by atoms with Crippen molar-refractivity contribution in [2.24, 2.45) is 0 Å². The van der Waals surface area contributed by atoms with Gasteiger partial charge in [0.05, 0.1) is 12.2 Å². The van der Waals surface area contributed by atoms with Crippen LogP contribution in [0.1, 0.15) is 19.4 Å². The van der Waals surface area contributed by atoms with Crippen LogP contribution in [0.15, 0.2) is 24.3 Å². The minimum absolute atomic E-state index is 0.0767. The van der Waals surface area contributed by atoms with Crippen LogP contribution in [-0.2, 0) is 11.3 Å². The number of nitrogens with one attached hydrogen (secondary N) is 2. The first kappa shape index (κ1) is 12.6. The van der Waals surface area contributed by atoms with Crippen LogP contribution in [-0.4, -0.2) is 24.5 Å². The van der Waals surface area contributed by atoms with Gasteiger partial charge in [0.25, 0.3) is 5.91 Å². The second kappa shape index (κ2) is 5.18. The van der Waals surface area contributed by atoms with E-state index in [9.17, 15) is 9.59 Å². The summed E-state index contributed by atoms with van der Waals surface area (Å²) < 4.78 is 0. The summed E-state index contributed by atoms with van der Waals surface area (Å²) in [5.41, 5.74) is 1.67. The van der Waals surface area contributed by atoms with E-state index in [-0.39, 0.29) is 18.5 Å². The number of urea groups is 1. The number of hydrogen-bond acceptors (Lipinski definition) is 3. The third-order valence-corrected chi connectivity index (χ3v) is 2.73. The Morgan fingerprint density at radius 1 is 1.39 bits per heavy atom. The van der Waals surface area contributed by atoms with Gasteiger partial charge in [0.15, 0.2) is 0 Å². The highest BCUT2D eigenvalue weighted by atomic mass is 16.2. The van der Waals surface area contributed by atoms with E-state index in [0.29, 0.717) is 11.7 Å². The van der Waals surface area contributed by atoms with E-state index in [4.69, 9.17) is 0 Å². The molecule has 0 atom stereocenters. The van der Waals surface area contributed by atoms with Gasteiger partial charge in [-0.15, -0.1) is 0 Å². The fourth-order valence-corrected chi connectivity index (χ4v) is 1.81. The number of carbonyl (C=O) groups excluding carboxylic acids is 2. The topological polar surface area (TPSA) is 61.4 Å². The lowest BCUT2D eigenvalue weighted by molar-refractivity contribution is -0.115. The molecule has 18 heavy (non-hydrogen) atoms. The van der Waals surface area contributed by atoms with E-state index in [0.717, 1.165) is 12.1 Å². The van der Waals surface area contributed by atoms with Gasteiger partial charge in [0.1, 0.15) is 0 Å². The van der Waals surface area contributed by atoms with Gasteiger partial charge in [-0.3, -0.25) is 4.79 Å². The van der Waals surface area contributed by atoms with Gasteiger partial charge in [0.2, 0.25) is 0 Å².